The Labute approximate surface area is 119 Å². The van der Waals surface area contributed by atoms with Gasteiger partial charge in [0.2, 0.25) is 0 Å². The van der Waals surface area contributed by atoms with E-state index in [1.807, 2.05) is 36.4 Å². The third kappa shape index (κ3) is 1.86. The Bertz CT molecular complexity index is 610. The first-order valence-corrected chi connectivity index (χ1v) is 7.18. The van der Waals surface area contributed by atoms with Crippen LogP contribution >= 0.6 is 0 Å². The first-order chi connectivity index (χ1) is 9.33. The Balaban J connectivity index is 2.06. The van der Waals surface area contributed by atoms with Gasteiger partial charge in [0.15, 0.2) is 5.78 Å². The van der Waals surface area contributed by atoms with Crippen molar-refractivity contribution in [3.63, 3.8) is 0 Å². The molecule has 0 aromatic heterocycles. The molecule has 1 saturated carbocycles. The number of benzene rings is 1. The minimum atomic E-state index is -0.303. The van der Waals surface area contributed by atoms with E-state index in [0.717, 1.165) is 17.6 Å². The molecule has 0 heterocycles. The first kappa shape index (κ1) is 13.3. The summed E-state index contributed by atoms with van der Waals surface area (Å²) in [4.78, 5) is 25.0. The Morgan fingerprint density at radius 1 is 1.15 bits per heavy atom. The molecule has 0 radical (unpaired) electrons. The lowest BCUT2D eigenvalue weighted by molar-refractivity contribution is -0.132. The van der Waals surface area contributed by atoms with Gasteiger partial charge in [-0.25, -0.2) is 0 Å². The number of ketones is 2. The van der Waals surface area contributed by atoms with Gasteiger partial charge in [0.05, 0.1) is 0 Å². The molecule has 3 aliphatic carbocycles. The lowest BCUT2D eigenvalue weighted by Crippen LogP contribution is -2.49. The van der Waals surface area contributed by atoms with Gasteiger partial charge in [0.25, 0.3) is 0 Å². The molecule has 0 N–H and O–H groups in total. The number of hydrogen-bond donors (Lipinski definition) is 0. The van der Waals surface area contributed by atoms with Crippen LogP contribution in [0, 0.1) is 16.7 Å². The molecule has 2 nitrogen and oxygen atoms in total. The van der Waals surface area contributed by atoms with Crippen molar-refractivity contribution in [2.24, 2.45) is 16.7 Å². The average molecular weight is 268 g/mol. The normalized spacial score (nSPS) is 31.1. The second-order valence-corrected chi connectivity index (χ2v) is 7.12. The first-order valence-electron chi connectivity index (χ1n) is 7.18. The predicted molar refractivity (Wildman–Crippen MR) is 78.5 cm³/mol. The van der Waals surface area contributed by atoms with Crippen LogP contribution in [0.1, 0.15) is 44.0 Å². The molecule has 4 rings (SSSR count). The maximum absolute atomic E-state index is 12.7. The van der Waals surface area contributed by atoms with Crippen LogP contribution in [0.2, 0.25) is 0 Å². The second-order valence-electron chi connectivity index (χ2n) is 7.12. The molecular weight excluding hydrogens is 248 g/mol. The number of Topliss-reactive ketones (excluding diaryl/α,β-unsaturated/α-hetero) is 2. The number of carbonyl (C=O) groups is 2. The highest BCUT2D eigenvalue weighted by Crippen LogP contribution is 2.56. The van der Waals surface area contributed by atoms with Crippen molar-refractivity contribution in [3.05, 3.63) is 47.5 Å². The molecule has 0 spiro atoms. The van der Waals surface area contributed by atoms with Gasteiger partial charge in [-0.2, -0.15) is 0 Å². The number of fused-ring (bicyclic) bond motifs is 2. The smallest absolute Gasteiger partial charge is 0.189 e. The summed E-state index contributed by atoms with van der Waals surface area (Å²) in [6.45, 7) is 6.33. The van der Waals surface area contributed by atoms with Crippen molar-refractivity contribution >= 4 is 11.6 Å². The molecule has 20 heavy (non-hydrogen) atoms. The van der Waals surface area contributed by atoms with Crippen molar-refractivity contribution in [1.82, 2.24) is 0 Å². The van der Waals surface area contributed by atoms with E-state index in [1.165, 1.54) is 0 Å². The van der Waals surface area contributed by atoms with Crippen LogP contribution < -0.4 is 0 Å². The molecular formula is C18H20O2. The van der Waals surface area contributed by atoms with Gasteiger partial charge in [-0.3, -0.25) is 9.59 Å². The number of hydrogen-bond acceptors (Lipinski definition) is 2. The summed E-state index contributed by atoms with van der Waals surface area (Å²) < 4.78 is 0. The van der Waals surface area contributed by atoms with Gasteiger partial charge in [0, 0.05) is 28.9 Å². The monoisotopic (exact) mass is 268 g/mol. The Kier molecular flexibility index (Phi) is 2.75. The van der Waals surface area contributed by atoms with Crippen LogP contribution in [0.4, 0.5) is 0 Å². The molecule has 1 aromatic carbocycles. The highest BCUT2D eigenvalue weighted by atomic mass is 16.1. The third-order valence-corrected chi connectivity index (χ3v) is 4.86. The molecule has 2 atom stereocenters. The van der Waals surface area contributed by atoms with E-state index in [2.05, 4.69) is 20.8 Å². The fraction of sp³-hybridized carbons (Fsp3) is 0.444. The Morgan fingerprint density at radius 2 is 1.80 bits per heavy atom. The van der Waals surface area contributed by atoms with Gasteiger partial charge in [-0.05, 0) is 11.8 Å². The SMILES string of the molecule is CC1(C)C[C@]2(C)CC(=O)[C@H]1C=C2C(=O)c1ccccc1. The summed E-state index contributed by atoms with van der Waals surface area (Å²) in [6, 6.07) is 9.37. The number of allylic oxidation sites excluding steroid dienone is 2. The van der Waals surface area contributed by atoms with Crippen LogP contribution in [0.15, 0.2) is 42.0 Å². The van der Waals surface area contributed by atoms with E-state index in [0.29, 0.717) is 6.42 Å². The van der Waals surface area contributed by atoms with E-state index in [4.69, 9.17) is 0 Å². The molecule has 2 heteroatoms. The van der Waals surface area contributed by atoms with Gasteiger partial charge >= 0.3 is 0 Å². The quantitative estimate of drug-likeness (QED) is 0.764. The minimum absolute atomic E-state index is 0.0372. The highest BCUT2D eigenvalue weighted by Gasteiger charge is 2.53. The molecule has 1 aromatic rings. The largest absolute Gasteiger partial charge is 0.299 e. The summed E-state index contributed by atoms with van der Waals surface area (Å²) in [6.07, 6.45) is 3.36. The lowest BCUT2D eigenvalue weighted by atomic mass is 9.51. The standard InChI is InChI=1S/C18H20O2/c1-17(2)11-18(3)10-15(19)13(17)9-14(18)16(20)12-7-5-4-6-8-12/h4-9,13H,10-11H2,1-3H3/t13-,18+/m1/s1. The van der Waals surface area contributed by atoms with Gasteiger partial charge in [-0.15, -0.1) is 0 Å². The van der Waals surface area contributed by atoms with E-state index in [-0.39, 0.29) is 28.3 Å². The summed E-state index contributed by atoms with van der Waals surface area (Å²) in [5, 5.41) is 0. The zero-order valence-corrected chi connectivity index (χ0v) is 12.3. The fourth-order valence-corrected chi connectivity index (χ4v) is 4.08. The van der Waals surface area contributed by atoms with Crippen molar-refractivity contribution in [1.29, 1.82) is 0 Å². The van der Waals surface area contributed by atoms with Crippen LogP contribution in [0.3, 0.4) is 0 Å². The predicted octanol–water partition coefficient (Wildman–Crippen LogP) is 3.82. The van der Waals surface area contributed by atoms with Crippen LogP contribution in [-0.4, -0.2) is 11.6 Å². The molecule has 0 aliphatic heterocycles. The number of carbonyl (C=O) groups excluding carboxylic acids is 2. The topological polar surface area (TPSA) is 34.1 Å². The van der Waals surface area contributed by atoms with Crippen molar-refractivity contribution in [3.8, 4) is 0 Å². The number of rotatable bonds is 2. The van der Waals surface area contributed by atoms with E-state index < -0.39 is 0 Å². The van der Waals surface area contributed by atoms with Gasteiger partial charge in [-0.1, -0.05) is 57.2 Å². The van der Waals surface area contributed by atoms with E-state index in [1.54, 1.807) is 0 Å². The lowest BCUT2D eigenvalue weighted by Gasteiger charge is -2.51. The zero-order chi connectivity index (χ0) is 14.5. The second kappa shape index (κ2) is 4.15. The van der Waals surface area contributed by atoms with E-state index >= 15 is 0 Å². The maximum Gasteiger partial charge on any atom is 0.189 e. The van der Waals surface area contributed by atoms with Crippen LogP contribution in [-0.2, 0) is 4.79 Å². The van der Waals surface area contributed by atoms with Crippen molar-refractivity contribution in [2.75, 3.05) is 0 Å². The minimum Gasteiger partial charge on any atom is -0.299 e. The summed E-state index contributed by atoms with van der Waals surface area (Å²) >= 11 is 0. The summed E-state index contributed by atoms with van der Waals surface area (Å²) in [5.74, 6) is 0.265. The van der Waals surface area contributed by atoms with Gasteiger partial charge in [0.1, 0.15) is 5.78 Å². The zero-order valence-electron chi connectivity index (χ0n) is 12.3. The summed E-state index contributed by atoms with van der Waals surface area (Å²) in [7, 11) is 0. The van der Waals surface area contributed by atoms with Crippen LogP contribution in [0.5, 0.6) is 0 Å². The van der Waals surface area contributed by atoms with Crippen LogP contribution in [0.25, 0.3) is 0 Å². The van der Waals surface area contributed by atoms with Crippen molar-refractivity contribution in [2.45, 2.75) is 33.6 Å². The fourth-order valence-electron chi connectivity index (χ4n) is 4.08. The molecule has 1 fully saturated rings. The average Bonchev–Trinajstić information content (AvgIpc) is 2.36. The molecule has 0 unspecified atom stereocenters. The molecule has 3 aliphatic rings. The molecule has 104 valence electrons. The molecule has 0 saturated heterocycles. The van der Waals surface area contributed by atoms with E-state index in [9.17, 15) is 9.59 Å². The van der Waals surface area contributed by atoms with Crippen molar-refractivity contribution < 1.29 is 9.59 Å². The Hall–Kier alpha value is -1.70. The molecule has 2 bridgehead atoms. The Morgan fingerprint density at radius 3 is 2.35 bits per heavy atom. The summed E-state index contributed by atoms with van der Waals surface area (Å²) in [5.41, 5.74) is 1.22. The maximum atomic E-state index is 12.7. The third-order valence-electron chi connectivity index (χ3n) is 4.86. The molecule has 0 amide bonds. The highest BCUT2D eigenvalue weighted by molar-refractivity contribution is 6.11. The van der Waals surface area contributed by atoms with Gasteiger partial charge < -0.3 is 0 Å².